The standard InChI is InChI=1S/C33H35BrN4O3/c34-27-15-11-24(12-16-27)23-37-31(40)33(38(32(37)41)28-9-5-2-6-10-28)18-21-36(22-19-33)20-17-29(25-7-3-1-4-8-25)35-30(39)26-13-14-26/h1-12,15-16,26,29H,13-14,17-23H2,(H,35,39)/t29-/m0/s1. The average molecular weight is 616 g/mol. The van der Waals surface area contributed by atoms with Gasteiger partial charge in [-0.05, 0) is 67.5 Å². The molecule has 1 spiro atoms. The van der Waals surface area contributed by atoms with Crippen molar-refractivity contribution in [3.8, 4) is 0 Å². The number of benzene rings is 3. The normalized spacial score (nSPS) is 19.5. The third-order valence-corrected chi connectivity index (χ3v) is 9.17. The first-order chi connectivity index (χ1) is 19.9. The van der Waals surface area contributed by atoms with E-state index in [1.54, 1.807) is 4.90 Å². The van der Waals surface area contributed by atoms with Crippen LogP contribution in [0, 0.1) is 5.92 Å². The Hall–Kier alpha value is -3.49. The molecule has 7 nitrogen and oxygen atoms in total. The molecule has 212 valence electrons. The maximum Gasteiger partial charge on any atom is 0.332 e. The van der Waals surface area contributed by atoms with Crippen LogP contribution in [0.3, 0.4) is 0 Å². The number of carbonyl (C=O) groups excluding carboxylic acids is 3. The molecule has 6 rings (SSSR count). The number of anilines is 1. The summed E-state index contributed by atoms with van der Waals surface area (Å²) in [6.07, 6.45) is 3.87. The largest absolute Gasteiger partial charge is 0.349 e. The predicted molar refractivity (Wildman–Crippen MR) is 162 cm³/mol. The molecule has 1 saturated carbocycles. The Morgan fingerprint density at radius 3 is 2.17 bits per heavy atom. The van der Waals surface area contributed by atoms with Gasteiger partial charge < -0.3 is 10.2 Å². The van der Waals surface area contributed by atoms with Crippen LogP contribution in [0.4, 0.5) is 10.5 Å². The highest BCUT2D eigenvalue weighted by Crippen LogP contribution is 2.41. The van der Waals surface area contributed by atoms with Crippen molar-refractivity contribution < 1.29 is 14.4 Å². The van der Waals surface area contributed by atoms with Gasteiger partial charge in [0.05, 0.1) is 12.6 Å². The van der Waals surface area contributed by atoms with Gasteiger partial charge in [-0.2, -0.15) is 0 Å². The van der Waals surface area contributed by atoms with E-state index in [2.05, 4.69) is 38.3 Å². The number of hydrogen-bond acceptors (Lipinski definition) is 4. The number of amides is 4. The average Bonchev–Trinajstić information content (AvgIpc) is 3.84. The Morgan fingerprint density at radius 2 is 1.54 bits per heavy atom. The zero-order valence-corrected chi connectivity index (χ0v) is 24.6. The maximum absolute atomic E-state index is 14.1. The van der Waals surface area contributed by atoms with Crippen molar-refractivity contribution in [3.05, 3.63) is 101 Å². The topological polar surface area (TPSA) is 73.0 Å². The fourth-order valence-corrected chi connectivity index (χ4v) is 6.39. The van der Waals surface area contributed by atoms with Crippen molar-refractivity contribution in [2.24, 2.45) is 5.92 Å². The lowest BCUT2D eigenvalue weighted by atomic mass is 9.85. The summed E-state index contributed by atoms with van der Waals surface area (Å²) in [5, 5.41) is 3.28. The summed E-state index contributed by atoms with van der Waals surface area (Å²) in [7, 11) is 0. The molecule has 0 aromatic heterocycles. The van der Waals surface area contributed by atoms with Gasteiger partial charge in [-0.15, -0.1) is 0 Å². The first-order valence-electron chi connectivity index (χ1n) is 14.5. The number of piperidine rings is 1. The maximum atomic E-state index is 14.1. The molecular formula is C33H35BrN4O3. The van der Waals surface area contributed by atoms with Gasteiger partial charge in [0.25, 0.3) is 5.91 Å². The fraction of sp³-hybridized carbons (Fsp3) is 0.364. The summed E-state index contributed by atoms with van der Waals surface area (Å²) >= 11 is 3.46. The summed E-state index contributed by atoms with van der Waals surface area (Å²) in [5.41, 5.74) is 1.89. The predicted octanol–water partition coefficient (Wildman–Crippen LogP) is 5.91. The smallest absolute Gasteiger partial charge is 0.332 e. The third-order valence-electron chi connectivity index (χ3n) is 8.65. The number of urea groups is 1. The number of nitrogens with zero attached hydrogens (tertiary/aromatic N) is 3. The molecule has 2 heterocycles. The number of likely N-dealkylation sites (tertiary alicyclic amines) is 1. The molecule has 1 N–H and O–H groups in total. The van der Waals surface area contributed by atoms with E-state index in [0.29, 0.717) is 25.9 Å². The van der Waals surface area contributed by atoms with Crippen LogP contribution in [0.1, 0.15) is 49.3 Å². The van der Waals surface area contributed by atoms with Crippen molar-refractivity contribution >= 4 is 39.5 Å². The SMILES string of the molecule is O=C(N[C@@H](CCN1CCC2(CC1)C(=O)N(Cc1ccc(Br)cc1)C(=O)N2c1ccccc1)c1ccccc1)C1CC1. The summed E-state index contributed by atoms with van der Waals surface area (Å²) in [4.78, 5) is 46.1. The molecule has 2 aliphatic heterocycles. The second-order valence-corrected chi connectivity index (χ2v) is 12.3. The van der Waals surface area contributed by atoms with Crippen molar-refractivity contribution in [2.75, 3.05) is 24.5 Å². The van der Waals surface area contributed by atoms with Crippen LogP contribution in [0.15, 0.2) is 89.4 Å². The Morgan fingerprint density at radius 1 is 0.902 bits per heavy atom. The Balaban J connectivity index is 1.17. The minimum absolute atomic E-state index is 0.0444. The fourth-order valence-electron chi connectivity index (χ4n) is 6.12. The molecule has 3 aliphatic rings. The van der Waals surface area contributed by atoms with E-state index in [1.807, 2.05) is 72.8 Å². The molecular weight excluding hydrogens is 580 g/mol. The van der Waals surface area contributed by atoms with Gasteiger partial charge in [0.15, 0.2) is 0 Å². The van der Waals surface area contributed by atoms with Crippen LogP contribution in [-0.2, 0) is 16.1 Å². The second kappa shape index (κ2) is 11.8. The highest BCUT2D eigenvalue weighted by atomic mass is 79.9. The summed E-state index contributed by atoms with van der Waals surface area (Å²) in [6, 6.07) is 27.2. The number of imide groups is 1. The van der Waals surface area contributed by atoms with Crippen LogP contribution >= 0.6 is 15.9 Å². The van der Waals surface area contributed by atoms with E-state index >= 15 is 0 Å². The van der Waals surface area contributed by atoms with Gasteiger partial charge in [-0.1, -0.05) is 76.6 Å². The summed E-state index contributed by atoms with van der Waals surface area (Å²) in [6.45, 7) is 2.45. The van der Waals surface area contributed by atoms with E-state index in [9.17, 15) is 14.4 Å². The lowest BCUT2D eigenvalue weighted by Gasteiger charge is -2.42. The molecule has 8 heteroatoms. The van der Waals surface area contributed by atoms with Gasteiger partial charge in [0, 0.05) is 35.7 Å². The number of hydrogen-bond donors (Lipinski definition) is 1. The Labute approximate surface area is 249 Å². The van der Waals surface area contributed by atoms with E-state index in [-0.39, 0.29) is 36.3 Å². The zero-order valence-electron chi connectivity index (χ0n) is 23.0. The summed E-state index contributed by atoms with van der Waals surface area (Å²) < 4.78 is 0.955. The monoisotopic (exact) mass is 614 g/mol. The zero-order chi connectivity index (χ0) is 28.4. The molecule has 2 saturated heterocycles. The van der Waals surface area contributed by atoms with Crippen molar-refractivity contribution in [3.63, 3.8) is 0 Å². The first kappa shape index (κ1) is 27.7. The van der Waals surface area contributed by atoms with Crippen molar-refractivity contribution in [2.45, 2.75) is 50.2 Å². The molecule has 41 heavy (non-hydrogen) atoms. The second-order valence-electron chi connectivity index (χ2n) is 11.4. The highest BCUT2D eigenvalue weighted by molar-refractivity contribution is 9.10. The van der Waals surface area contributed by atoms with Crippen molar-refractivity contribution in [1.29, 1.82) is 0 Å². The molecule has 0 radical (unpaired) electrons. The van der Waals surface area contributed by atoms with Gasteiger partial charge in [0.1, 0.15) is 5.54 Å². The molecule has 1 atom stereocenters. The van der Waals surface area contributed by atoms with Crippen LogP contribution in [-0.4, -0.2) is 52.8 Å². The molecule has 4 amide bonds. The molecule has 3 aromatic carbocycles. The van der Waals surface area contributed by atoms with Gasteiger partial charge in [-0.3, -0.25) is 19.4 Å². The van der Waals surface area contributed by atoms with Crippen molar-refractivity contribution in [1.82, 2.24) is 15.1 Å². The van der Waals surface area contributed by atoms with Crippen LogP contribution in [0.25, 0.3) is 0 Å². The van der Waals surface area contributed by atoms with Gasteiger partial charge >= 0.3 is 6.03 Å². The lowest BCUT2D eigenvalue weighted by Crippen LogP contribution is -2.57. The number of halogens is 1. The number of para-hydroxylation sites is 1. The lowest BCUT2D eigenvalue weighted by molar-refractivity contribution is -0.132. The van der Waals surface area contributed by atoms with E-state index in [1.165, 1.54) is 4.90 Å². The quantitative estimate of drug-likeness (QED) is 0.304. The van der Waals surface area contributed by atoms with Crippen LogP contribution in [0.2, 0.25) is 0 Å². The first-order valence-corrected chi connectivity index (χ1v) is 15.3. The third kappa shape index (κ3) is 5.81. The number of nitrogens with one attached hydrogen (secondary N) is 1. The van der Waals surface area contributed by atoms with Gasteiger partial charge in [-0.25, -0.2) is 4.79 Å². The number of carbonyl (C=O) groups is 3. The minimum Gasteiger partial charge on any atom is -0.349 e. The Kier molecular flexibility index (Phi) is 7.95. The molecule has 0 bridgehead atoms. The summed E-state index contributed by atoms with van der Waals surface area (Å²) in [5.74, 6) is 0.190. The van der Waals surface area contributed by atoms with Gasteiger partial charge in [0.2, 0.25) is 5.91 Å². The minimum atomic E-state index is -0.899. The molecule has 1 aliphatic carbocycles. The van der Waals surface area contributed by atoms with Crippen LogP contribution < -0.4 is 10.2 Å². The highest BCUT2D eigenvalue weighted by Gasteiger charge is 2.58. The molecule has 3 aromatic rings. The van der Waals surface area contributed by atoms with E-state index in [4.69, 9.17) is 0 Å². The molecule has 3 fully saturated rings. The number of rotatable bonds is 9. The Bertz CT molecular complexity index is 1390. The van der Waals surface area contributed by atoms with Crippen LogP contribution in [0.5, 0.6) is 0 Å². The van der Waals surface area contributed by atoms with E-state index < -0.39 is 5.54 Å². The van der Waals surface area contributed by atoms with E-state index in [0.717, 1.165) is 47.1 Å². The molecule has 0 unspecified atom stereocenters.